The molecule has 4 N–H and O–H groups in total. The lowest BCUT2D eigenvalue weighted by Crippen LogP contribution is -2.40. The second-order valence-corrected chi connectivity index (χ2v) is 6.23. The molecule has 2 rings (SSSR count). The molecule has 0 aromatic heterocycles. The number of amides is 2. The molecule has 0 radical (unpaired) electrons. The van der Waals surface area contributed by atoms with Gasteiger partial charge >= 0.3 is 0 Å². The Hall–Kier alpha value is -2.37. The minimum atomic E-state index is -0.463. The first-order chi connectivity index (χ1) is 12.0. The Labute approximate surface area is 152 Å². The van der Waals surface area contributed by atoms with E-state index in [4.69, 9.17) is 17.3 Å². The molecule has 2 aromatic rings. The average Bonchev–Trinajstić information content (AvgIpc) is 2.62. The predicted molar refractivity (Wildman–Crippen MR) is 99.4 cm³/mol. The Bertz CT molecular complexity index is 722. The molecule has 1 unspecified atom stereocenters. The summed E-state index contributed by atoms with van der Waals surface area (Å²) in [6, 6.07) is 15.6. The third-order valence-electron chi connectivity index (χ3n) is 3.78. The summed E-state index contributed by atoms with van der Waals surface area (Å²) in [5.74, 6) is -0.495. The van der Waals surface area contributed by atoms with E-state index in [0.717, 1.165) is 5.56 Å². The predicted octanol–water partition coefficient (Wildman–Crippen LogP) is 2.66. The summed E-state index contributed by atoms with van der Waals surface area (Å²) in [5, 5.41) is 6.08. The third kappa shape index (κ3) is 5.59. The van der Waals surface area contributed by atoms with Crippen LogP contribution >= 0.6 is 11.6 Å². The molecule has 2 amide bonds. The molecule has 2 aromatic carbocycles. The molecule has 0 fully saturated rings. The third-order valence-corrected chi connectivity index (χ3v) is 4.11. The Morgan fingerprint density at radius 1 is 1.04 bits per heavy atom. The van der Waals surface area contributed by atoms with Gasteiger partial charge in [-0.05, 0) is 24.6 Å². The zero-order valence-corrected chi connectivity index (χ0v) is 14.8. The van der Waals surface area contributed by atoms with Crippen molar-refractivity contribution in [2.45, 2.75) is 25.4 Å². The molecule has 6 heteroatoms. The van der Waals surface area contributed by atoms with Gasteiger partial charge in [-0.25, -0.2) is 0 Å². The van der Waals surface area contributed by atoms with E-state index >= 15 is 0 Å². The van der Waals surface area contributed by atoms with Gasteiger partial charge in [0, 0.05) is 12.6 Å². The number of rotatable bonds is 7. The van der Waals surface area contributed by atoms with Crippen molar-refractivity contribution in [2.75, 3.05) is 6.54 Å². The first-order valence-corrected chi connectivity index (χ1v) is 8.48. The summed E-state index contributed by atoms with van der Waals surface area (Å²) in [6.07, 6.45) is 0.116. The van der Waals surface area contributed by atoms with E-state index in [1.54, 1.807) is 24.3 Å². The number of carbonyl (C=O) groups is 2. The number of carbonyl (C=O) groups excluding carboxylic acids is 2. The van der Waals surface area contributed by atoms with Crippen LogP contribution in [0.25, 0.3) is 0 Å². The number of hydrogen-bond donors (Lipinski definition) is 3. The van der Waals surface area contributed by atoms with Crippen LogP contribution in [0.4, 0.5) is 0 Å². The summed E-state index contributed by atoms with van der Waals surface area (Å²) < 4.78 is 0. The highest BCUT2D eigenvalue weighted by Crippen LogP contribution is 2.20. The van der Waals surface area contributed by atoms with Crippen molar-refractivity contribution in [2.24, 2.45) is 5.73 Å². The Kier molecular flexibility index (Phi) is 6.98. The smallest absolute Gasteiger partial charge is 0.253 e. The molecule has 0 saturated heterocycles. The fourth-order valence-corrected chi connectivity index (χ4v) is 2.62. The number of nitrogens with one attached hydrogen (secondary N) is 2. The maximum Gasteiger partial charge on any atom is 0.253 e. The van der Waals surface area contributed by atoms with Gasteiger partial charge in [0.2, 0.25) is 5.91 Å². The van der Waals surface area contributed by atoms with Gasteiger partial charge in [0.1, 0.15) is 0 Å². The second kappa shape index (κ2) is 9.20. The first kappa shape index (κ1) is 19.0. The fraction of sp³-hybridized carbons (Fsp3) is 0.263. The normalized spacial score (nSPS) is 12.9. The number of halogens is 1. The summed E-state index contributed by atoms with van der Waals surface area (Å²) in [5.41, 5.74) is 6.76. The van der Waals surface area contributed by atoms with Gasteiger partial charge in [-0.1, -0.05) is 54.1 Å². The fourth-order valence-electron chi connectivity index (χ4n) is 2.40. The Morgan fingerprint density at radius 3 is 2.32 bits per heavy atom. The average molecular weight is 360 g/mol. The molecule has 0 aliphatic rings. The Morgan fingerprint density at radius 2 is 1.68 bits per heavy atom. The van der Waals surface area contributed by atoms with Crippen molar-refractivity contribution in [1.82, 2.24) is 10.6 Å². The van der Waals surface area contributed by atoms with E-state index in [-0.39, 0.29) is 24.3 Å². The lowest BCUT2D eigenvalue weighted by atomic mass is 10.0. The lowest BCUT2D eigenvalue weighted by Gasteiger charge is -2.20. The molecular weight excluding hydrogens is 338 g/mol. The molecule has 25 heavy (non-hydrogen) atoms. The lowest BCUT2D eigenvalue weighted by molar-refractivity contribution is -0.122. The molecule has 2 atom stereocenters. The van der Waals surface area contributed by atoms with Crippen molar-refractivity contribution >= 4 is 23.4 Å². The molecule has 0 aliphatic heterocycles. The summed E-state index contributed by atoms with van der Waals surface area (Å²) in [4.78, 5) is 24.8. The highest BCUT2D eigenvalue weighted by molar-refractivity contribution is 6.33. The second-order valence-electron chi connectivity index (χ2n) is 5.82. The number of benzene rings is 2. The van der Waals surface area contributed by atoms with Crippen molar-refractivity contribution in [3.8, 4) is 0 Å². The van der Waals surface area contributed by atoms with E-state index < -0.39 is 6.04 Å². The van der Waals surface area contributed by atoms with Crippen LogP contribution in [0.1, 0.15) is 35.3 Å². The van der Waals surface area contributed by atoms with Crippen LogP contribution in [0.5, 0.6) is 0 Å². The van der Waals surface area contributed by atoms with E-state index in [2.05, 4.69) is 10.6 Å². The van der Waals surface area contributed by atoms with Crippen LogP contribution in [-0.2, 0) is 4.79 Å². The molecule has 5 nitrogen and oxygen atoms in total. The van der Waals surface area contributed by atoms with Gasteiger partial charge in [-0.3, -0.25) is 9.59 Å². The van der Waals surface area contributed by atoms with Crippen molar-refractivity contribution in [3.05, 3.63) is 70.7 Å². The topological polar surface area (TPSA) is 84.2 Å². The SMILES string of the molecule is C[C@@H](CN)NC(=O)CC(NC(=O)c1ccccc1Cl)c1ccccc1. The highest BCUT2D eigenvalue weighted by Gasteiger charge is 2.20. The molecule has 0 spiro atoms. The van der Waals surface area contributed by atoms with E-state index in [1.807, 2.05) is 37.3 Å². The van der Waals surface area contributed by atoms with Crippen molar-refractivity contribution in [3.63, 3.8) is 0 Å². The number of nitrogens with two attached hydrogens (primary N) is 1. The number of hydrogen-bond acceptors (Lipinski definition) is 3. The minimum Gasteiger partial charge on any atom is -0.352 e. The molecule has 0 bridgehead atoms. The molecule has 132 valence electrons. The standard InChI is InChI=1S/C19H22ClN3O2/c1-13(12-21)22-18(24)11-17(14-7-3-2-4-8-14)23-19(25)15-9-5-6-10-16(15)20/h2-10,13,17H,11-12,21H2,1H3,(H,22,24)(H,23,25)/t13-,17?/m0/s1. The quantitative estimate of drug-likeness (QED) is 0.710. The van der Waals surface area contributed by atoms with Crippen molar-refractivity contribution < 1.29 is 9.59 Å². The van der Waals surface area contributed by atoms with Crippen LogP contribution in [0, 0.1) is 0 Å². The molecule has 0 aliphatic carbocycles. The minimum absolute atomic E-state index is 0.116. The van der Waals surface area contributed by atoms with Gasteiger partial charge < -0.3 is 16.4 Å². The van der Waals surface area contributed by atoms with Gasteiger partial charge in [0.15, 0.2) is 0 Å². The largest absolute Gasteiger partial charge is 0.352 e. The van der Waals surface area contributed by atoms with Gasteiger partial charge in [-0.2, -0.15) is 0 Å². The van der Waals surface area contributed by atoms with Gasteiger partial charge in [0.25, 0.3) is 5.91 Å². The van der Waals surface area contributed by atoms with Gasteiger partial charge in [-0.15, -0.1) is 0 Å². The Balaban J connectivity index is 2.16. The van der Waals surface area contributed by atoms with Gasteiger partial charge in [0.05, 0.1) is 23.0 Å². The van der Waals surface area contributed by atoms with Crippen LogP contribution in [0.15, 0.2) is 54.6 Å². The summed E-state index contributed by atoms with van der Waals surface area (Å²) >= 11 is 6.09. The summed E-state index contributed by atoms with van der Waals surface area (Å²) in [6.45, 7) is 2.19. The molecule has 0 heterocycles. The maximum absolute atomic E-state index is 12.6. The van der Waals surface area contributed by atoms with E-state index in [1.165, 1.54) is 0 Å². The van der Waals surface area contributed by atoms with E-state index in [9.17, 15) is 9.59 Å². The van der Waals surface area contributed by atoms with Crippen molar-refractivity contribution in [1.29, 1.82) is 0 Å². The molecular formula is C19H22ClN3O2. The monoisotopic (exact) mass is 359 g/mol. The van der Waals surface area contributed by atoms with Crippen LogP contribution in [-0.4, -0.2) is 24.4 Å². The zero-order valence-electron chi connectivity index (χ0n) is 14.0. The van der Waals surface area contributed by atoms with Crippen LogP contribution in [0.2, 0.25) is 5.02 Å². The highest BCUT2D eigenvalue weighted by atomic mass is 35.5. The van der Waals surface area contributed by atoms with Crippen LogP contribution < -0.4 is 16.4 Å². The van der Waals surface area contributed by atoms with Crippen LogP contribution in [0.3, 0.4) is 0 Å². The first-order valence-electron chi connectivity index (χ1n) is 8.11. The molecule has 0 saturated carbocycles. The zero-order chi connectivity index (χ0) is 18.2. The summed E-state index contributed by atoms with van der Waals surface area (Å²) in [7, 11) is 0. The van der Waals surface area contributed by atoms with E-state index in [0.29, 0.717) is 17.1 Å². The maximum atomic E-state index is 12.6.